The fourth-order valence-electron chi connectivity index (χ4n) is 2.72. The third-order valence-electron chi connectivity index (χ3n) is 4.07. The Kier molecular flexibility index (Phi) is 4.10. The predicted molar refractivity (Wildman–Crippen MR) is 89.1 cm³/mol. The van der Waals surface area contributed by atoms with E-state index in [1.807, 2.05) is 0 Å². The molecule has 2 N–H and O–H groups in total. The minimum absolute atomic E-state index is 0.0967. The van der Waals surface area contributed by atoms with Crippen molar-refractivity contribution in [3.05, 3.63) is 47.5 Å². The van der Waals surface area contributed by atoms with Crippen LogP contribution in [-0.2, 0) is 4.79 Å². The van der Waals surface area contributed by atoms with Crippen LogP contribution in [0.2, 0.25) is 0 Å². The van der Waals surface area contributed by atoms with Gasteiger partial charge in [0.2, 0.25) is 13.6 Å². The topological polar surface area (TPSA) is 107 Å². The molecule has 8 heteroatoms. The molecule has 8 nitrogen and oxygen atoms in total. The molecule has 0 saturated carbocycles. The number of aliphatic hydroxyl groups is 1. The first-order chi connectivity index (χ1) is 12.6. The summed E-state index contributed by atoms with van der Waals surface area (Å²) in [4.78, 5) is 15.6. The van der Waals surface area contributed by atoms with Gasteiger partial charge in [0.15, 0.2) is 29.0 Å². The van der Waals surface area contributed by atoms with E-state index in [1.54, 1.807) is 36.4 Å². The van der Waals surface area contributed by atoms with Crippen molar-refractivity contribution in [3.63, 3.8) is 0 Å². The monoisotopic (exact) mass is 361 g/mol. The van der Waals surface area contributed by atoms with Crippen LogP contribution in [0.5, 0.6) is 23.0 Å². The van der Waals surface area contributed by atoms with E-state index in [9.17, 15) is 15.0 Å². The van der Waals surface area contributed by atoms with Crippen LogP contribution in [0.3, 0.4) is 0 Å². The fourth-order valence-corrected chi connectivity index (χ4v) is 2.72. The summed E-state index contributed by atoms with van der Waals surface area (Å²) in [5, 5.41) is 19.9. The highest BCUT2D eigenvalue weighted by Gasteiger charge is 2.28. The molecule has 2 atom stereocenters. The van der Waals surface area contributed by atoms with Gasteiger partial charge in [-0.1, -0.05) is 6.07 Å². The van der Waals surface area contributed by atoms with Crippen LogP contribution < -0.4 is 18.9 Å². The first-order valence-electron chi connectivity index (χ1n) is 7.85. The molecule has 2 unspecified atom stereocenters. The zero-order chi connectivity index (χ0) is 18.1. The average molecular weight is 361 g/mol. The van der Waals surface area contributed by atoms with E-state index in [4.69, 9.17) is 18.9 Å². The molecule has 134 valence electrons. The van der Waals surface area contributed by atoms with Gasteiger partial charge >= 0.3 is 5.97 Å². The summed E-state index contributed by atoms with van der Waals surface area (Å²) < 4.78 is 21.0. The second kappa shape index (κ2) is 6.57. The molecule has 26 heavy (non-hydrogen) atoms. The van der Waals surface area contributed by atoms with E-state index < -0.39 is 18.1 Å². The van der Waals surface area contributed by atoms with Gasteiger partial charge in [0.25, 0.3) is 0 Å². The number of aliphatic imine (C=N–C) groups is 1. The first-order valence-corrected chi connectivity index (χ1v) is 7.85. The van der Waals surface area contributed by atoms with Gasteiger partial charge in [-0.3, -0.25) is 4.99 Å². The largest absolute Gasteiger partial charge is 0.480 e. The maximum Gasteiger partial charge on any atom is 0.331 e. The number of benzene rings is 2. The minimum Gasteiger partial charge on any atom is -0.480 e. The molecule has 2 heterocycles. The van der Waals surface area contributed by atoms with E-state index >= 15 is 0 Å². The van der Waals surface area contributed by atoms with Gasteiger partial charge in [-0.25, -0.2) is 4.79 Å². The lowest BCUT2D eigenvalue weighted by atomic mass is 10.2. The fraction of sp³-hybridized carbons (Fsp3) is 0.222. The number of carboxylic acid groups (broad SMARTS) is 1. The summed E-state index contributed by atoms with van der Waals surface area (Å²) in [7, 11) is 0. The number of carbonyl (C=O) groups is 1. The Balaban J connectivity index is 1.56. The molecule has 4 rings (SSSR count). The highest BCUT2D eigenvalue weighted by Crippen LogP contribution is 2.35. The number of aliphatic carboxylic acids is 1. The van der Waals surface area contributed by atoms with Gasteiger partial charge < -0.3 is 29.2 Å². The third-order valence-corrected chi connectivity index (χ3v) is 4.07. The van der Waals surface area contributed by atoms with Crippen LogP contribution in [0.1, 0.15) is 17.2 Å². The predicted octanol–water partition coefficient (Wildman–Crippen LogP) is 1.75. The highest BCUT2D eigenvalue weighted by atomic mass is 16.7. The molecule has 0 aliphatic carbocycles. The number of nitrogens with zero attached hydrogens (tertiary/aromatic N) is 1. The number of hydrogen-bond acceptors (Lipinski definition) is 7. The molecule has 0 fully saturated rings. The lowest BCUT2D eigenvalue weighted by Gasteiger charge is -2.16. The summed E-state index contributed by atoms with van der Waals surface area (Å²) in [6.45, 7) is 0.246. The molecule has 2 aliphatic rings. The van der Waals surface area contributed by atoms with E-state index in [1.165, 1.54) is 6.21 Å². The smallest absolute Gasteiger partial charge is 0.331 e. The zero-order valence-electron chi connectivity index (χ0n) is 13.5. The van der Waals surface area contributed by atoms with Gasteiger partial charge in [-0.2, -0.15) is 0 Å². The summed E-state index contributed by atoms with van der Waals surface area (Å²) >= 11 is 0. The van der Waals surface area contributed by atoms with Crippen molar-refractivity contribution in [2.24, 2.45) is 4.99 Å². The van der Waals surface area contributed by atoms with Crippen molar-refractivity contribution in [2.75, 3.05) is 13.6 Å². The molecule has 0 radical (unpaired) electrons. The Hall–Kier alpha value is -3.26. The van der Waals surface area contributed by atoms with E-state index in [2.05, 4.69) is 4.99 Å². The number of ether oxygens (including phenoxy) is 4. The Labute approximate surface area is 148 Å². The maximum atomic E-state index is 11.6. The summed E-state index contributed by atoms with van der Waals surface area (Å²) in [5.41, 5.74) is 1.02. The molecule has 0 saturated heterocycles. The second-order valence-electron chi connectivity index (χ2n) is 5.73. The van der Waals surface area contributed by atoms with Crippen molar-refractivity contribution < 1.29 is 34.0 Å². The first kappa shape index (κ1) is 16.2. The van der Waals surface area contributed by atoms with Crippen molar-refractivity contribution >= 4 is 12.2 Å². The van der Waals surface area contributed by atoms with E-state index in [0.717, 1.165) is 0 Å². The lowest BCUT2D eigenvalue weighted by Crippen LogP contribution is -2.26. The van der Waals surface area contributed by atoms with Gasteiger partial charge in [0.05, 0.1) is 0 Å². The van der Waals surface area contributed by atoms with E-state index in [0.29, 0.717) is 34.1 Å². The number of carboxylic acids is 1. The molecule has 2 aromatic rings. The highest BCUT2D eigenvalue weighted by molar-refractivity contribution is 5.84. The Morgan fingerprint density at radius 2 is 1.62 bits per heavy atom. The zero-order valence-corrected chi connectivity index (χ0v) is 13.5. The normalized spacial score (nSPS) is 16.7. The Bertz CT molecular complexity index is 880. The average Bonchev–Trinajstić information content (AvgIpc) is 3.29. The number of aliphatic hydroxyl groups excluding tert-OH is 1. The standard InChI is InChI=1S/C18H15NO7/c20-17(11-2-4-13-15(6-11)26-9-24-13)16(18(21)22)19-7-10-1-3-12-14(5-10)25-8-23-12/h1-7,16-17,20H,8-9H2,(H,21,22)/i7+2,17+2. The van der Waals surface area contributed by atoms with Crippen LogP contribution in [-0.4, -0.2) is 42.0 Å². The number of rotatable bonds is 5. The van der Waals surface area contributed by atoms with Gasteiger partial charge in [-0.05, 0) is 41.5 Å². The number of fused-ring (bicyclic) bond motifs is 2. The van der Waals surface area contributed by atoms with Crippen LogP contribution in [0, 0.1) is 0 Å². The van der Waals surface area contributed by atoms with Gasteiger partial charge in [-0.15, -0.1) is 0 Å². The van der Waals surface area contributed by atoms with Crippen molar-refractivity contribution in [1.82, 2.24) is 0 Å². The molecule has 0 amide bonds. The third kappa shape index (κ3) is 3.02. The van der Waals surface area contributed by atoms with E-state index in [-0.39, 0.29) is 13.6 Å². The minimum atomic E-state index is -1.37. The van der Waals surface area contributed by atoms with Crippen LogP contribution >= 0.6 is 0 Å². The molecule has 2 aromatic carbocycles. The Morgan fingerprint density at radius 3 is 2.31 bits per heavy atom. The molecule has 2 aliphatic heterocycles. The molecule has 0 spiro atoms. The Morgan fingerprint density at radius 1 is 1.00 bits per heavy atom. The van der Waals surface area contributed by atoms with Crippen molar-refractivity contribution in [3.8, 4) is 23.0 Å². The summed E-state index contributed by atoms with van der Waals surface area (Å²) in [6, 6.07) is 8.53. The van der Waals surface area contributed by atoms with Gasteiger partial charge in [0, 0.05) is 6.21 Å². The van der Waals surface area contributed by atoms with Crippen molar-refractivity contribution in [2.45, 2.75) is 12.1 Å². The SMILES string of the molecule is O=C(O)C(N=[14CH]c1ccc2c(c1)OCO2)[14CH](O)c1ccc2c(c1)OCO2. The second-order valence-corrected chi connectivity index (χ2v) is 5.73. The maximum absolute atomic E-state index is 11.6. The molecular weight excluding hydrogens is 346 g/mol. The van der Waals surface area contributed by atoms with Crippen LogP contribution in [0.4, 0.5) is 0 Å². The van der Waals surface area contributed by atoms with Gasteiger partial charge in [0.1, 0.15) is 6.10 Å². The van der Waals surface area contributed by atoms with Crippen LogP contribution in [0.15, 0.2) is 41.4 Å². The summed E-state index contributed by atoms with van der Waals surface area (Å²) in [6.07, 6.45) is 0.0454. The lowest BCUT2D eigenvalue weighted by molar-refractivity contribution is -0.141. The number of hydrogen-bond donors (Lipinski definition) is 2. The molecule has 0 bridgehead atoms. The van der Waals surface area contributed by atoms with Crippen molar-refractivity contribution in [1.29, 1.82) is 0 Å². The quantitative estimate of drug-likeness (QED) is 0.781. The molecular formula is C18H15NO7. The van der Waals surface area contributed by atoms with Crippen LogP contribution in [0.25, 0.3) is 0 Å². The summed E-state index contributed by atoms with van der Waals surface area (Å²) in [5.74, 6) is 0.962. The molecule has 0 aromatic heterocycles.